The molecule has 0 aromatic carbocycles. The first kappa shape index (κ1) is 9.05. The van der Waals surface area contributed by atoms with Gasteiger partial charge in [0, 0.05) is 11.3 Å². The van der Waals surface area contributed by atoms with Crippen molar-refractivity contribution in [3.8, 4) is 0 Å². The van der Waals surface area contributed by atoms with Crippen molar-refractivity contribution in [1.29, 1.82) is 0 Å². The lowest BCUT2D eigenvalue weighted by Crippen LogP contribution is -2.21. The van der Waals surface area contributed by atoms with Crippen LogP contribution < -0.4 is 0 Å². The molecular weight excluding hydrogens is 161 g/mol. The molecule has 0 radical (unpaired) electrons. The molecular formula is C5H9Cl2NO. The number of hydrogen-bond donors (Lipinski definition) is 1. The third kappa shape index (κ3) is 2.41. The Labute approximate surface area is 64.4 Å². The molecule has 4 heteroatoms. The van der Waals surface area contributed by atoms with Crippen molar-refractivity contribution in [3.63, 3.8) is 0 Å². The van der Waals surface area contributed by atoms with Crippen LogP contribution in [0.1, 0.15) is 13.8 Å². The highest BCUT2D eigenvalue weighted by Gasteiger charge is 2.22. The average molecular weight is 170 g/mol. The summed E-state index contributed by atoms with van der Waals surface area (Å²) in [6, 6.07) is 0. The average Bonchev–Trinajstić information content (AvgIpc) is 1.86. The standard InChI is InChI=1S/C5H9Cl2NO/c1-5(2,3-6)4(7)8-9/h9H,3H2,1-2H3/b8-4+. The van der Waals surface area contributed by atoms with Crippen molar-refractivity contribution in [3.05, 3.63) is 0 Å². The molecule has 0 heterocycles. The molecule has 54 valence electrons. The molecule has 0 aromatic rings. The first-order valence-corrected chi connectivity index (χ1v) is 3.40. The minimum absolute atomic E-state index is 0.137. The van der Waals surface area contributed by atoms with Crippen molar-refractivity contribution in [1.82, 2.24) is 0 Å². The van der Waals surface area contributed by atoms with Crippen LogP contribution in [0.3, 0.4) is 0 Å². The number of oxime groups is 1. The maximum absolute atomic E-state index is 8.20. The summed E-state index contributed by atoms with van der Waals surface area (Å²) in [5.74, 6) is 0.343. The maximum Gasteiger partial charge on any atom is 0.152 e. The SMILES string of the molecule is CC(C)(CCl)/C(Cl)=N\O. The van der Waals surface area contributed by atoms with Gasteiger partial charge in [-0.05, 0) is 0 Å². The van der Waals surface area contributed by atoms with Gasteiger partial charge < -0.3 is 5.21 Å². The Kier molecular flexibility index (Phi) is 3.30. The van der Waals surface area contributed by atoms with Gasteiger partial charge in [0.2, 0.25) is 0 Å². The van der Waals surface area contributed by atoms with Gasteiger partial charge in [-0.25, -0.2) is 0 Å². The first-order chi connectivity index (χ1) is 4.04. The van der Waals surface area contributed by atoms with Crippen LogP contribution in [-0.4, -0.2) is 16.3 Å². The van der Waals surface area contributed by atoms with Gasteiger partial charge in [-0.15, -0.1) is 11.6 Å². The third-order valence-electron chi connectivity index (χ3n) is 0.980. The van der Waals surface area contributed by atoms with Gasteiger partial charge in [0.15, 0.2) is 5.17 Å². The minimum atomic E-state index is -0.419. The van der Waals surface area contributed by atoms with Crippen molar-refractivity contribution in [2.75, 3.05) is 5.88 Å². The van der Waals surface area contributed by atoms with Crippen LogP contribution in [0.25, 0.3) is 0 Å². The second-order valence-electron chi connectivity index (χ2n) is 2.41. The monoisotopic (exact) mass is 169 g/mol. The molecule has 0 aliphatic rings. The molecule has 0 atom stereocenters. The fraction of sp³-hybridized carbons (Fsp3) is 0.800. The van der Waals surface area contributed by atoms with Crippen molar-refractivity contribution in [2.24, 2.45) is 10.6 Å². The van der Waals surface area contributed by atoms with Crippen molar-refractivity contribution in [2.45, 2.75) is 13.8 Å². The van der Waals surface area contributed by atoms with Crippen LogP contribution in [0.4, 0.5) is 0 Å². The van der Waals surface area contributed by atoms with Crippen molar-refractivity contribution >= 4 is 28.4 Å². The Morgan fingerprint density at radius 2 is 2.11 bits per heavy atom. The quantitative estimate of drug-likeness (QED) is 0.293. The molecule has 0 aliphatic heterocycles. The predicted octanol–water partition coefficient (Wildman–Crippen LogP) is 2.28. The summed E-state index contributed by atoms with van der Waals surface area (Å²) in [6.45, 7) is 3.59. The number of alkyl halides is 1. The molecule has 0 aromatic heterocycles. The second-order valence-corrected chi connectivity index (χ2v) is 3.03. The first-order valence-electron chi connectivity index (χ1n) is 2.48. The van der Waals surface area contributed by atoms with Gasteiger partial charge in [-0.3, -0.25) is 0 Å². The highest BCUT2D eigenvalue weighted by atomic mass is 35.5. The lowest BCUT2D eigenvalue weighted by molar-refractivity contribution is 0.313. The summed E-state index contributed by atoms with van der Waals surface area (Å²) in [6.07, 6.45) is 0. The van der Waals surface area contributed by atoms with Crippen LogP contribution in [0, 0.1) is 5.41 Å². The largest absolute Gasteiger partial charge is 0.410 e. The normalized spacial score (nSPS) is 14.0. The Balaban J connectivity index is 4.14. The minimum Gasteiger partial charge on any atom is -0.410 e. The van der Waals surface area contributed by atoms with E-state index >= 15 is 0 Å². The molecule has 0 amide bonds. The predicted molar refractivity (Wildman–Crippen MR) is 39.6 cm³/mol. The van der Waals surface area contributed by atoms with E-state index in [9.17, 15) is 0 Å². The lowest BCUT2D eigenvalue weighted by atomic mass is 9.98. The molecule has 1 N–H and O–H groups in total. The van der Waals surface area contributed by atoms with E-state index in [4.69, 9.17) is 28.4 Å². The Morgan fingerprint density at radius 1 is 1.67 bits per heavy atom. The molecule has 2 nitrogen and oxygen atoms in total. The van der Waals surface area contributed by atoms with Crippen LogP contribution in [0.15, 0.2) is 5.16 Å². The highest BCUT2D eigenvalue weighted by molar-refractivity contribution is 6.66. The number of hydrogen-bond acceptors (Lipinski definition) is 2. The van der Waals surface area contributed by atoms with Gasteiger partial charge >= 0.3 is 0 Å². The Hall–Kier alpha value is 0.0500. The maximum atomic E-state index is 8.20. The summed E-state index contributed by atoms with van der Waals surface area (Å²) < 4.78 is 0. The summed E-state index contributed by atoms with van der Waals surface area (Å²) in [4.78, 5) is 0. The molecule has 0 rings (SSSR count). The highest BCUT2D eigenvalue weighted by Crippen LogP contribution is 2.21. The zero-order valence-electron chi connectivity index (χ0n) is 5.36. The zero-order valence-corrected chi connectivity index (χ0v) is 6.87. The Morgan fingerprint density at radius 3 is 2.22 bits per heavy atom. The van der Waals surface area contributed by atoms with Gasteiger partial charge in [-0.1, -0.05) is 30.6 Å². The van der Waals surface area contributed by atoms with E-state index in [-0.39, 0.29) is 5.17 Å². The van der Waals surface area contributed by atoms with E-state index in [0.29, 0.717) is 5.88 Å². The van der Waals surface area contributed by atoms with E-state index < -0.39 is 5.41 Å². The molecule has 0 saturated heterocycles. The van der Waals surface area contributed by atoms with E-state index in [1.165, 1.54) is 0 Å². The topological polar surface area (TPSA) is 32.6 Å². The van der Waals surface area contributed by atoms with Gasteiger partial charge in [0.1, 0.15) is 0 Å². The molecule has 0 spiro atoms. The van der Waals surface area contributed by atoms with Crippen LogP contribution in [0.5, 0.6) is 0 Å². The zero-order chi connectivity index (χ0) is 7.49. The van der Waals surface area contributed by atoms with Gasteiger partial charge in [0.25, 0.3) is 0 Å². The summed E-state index contributed by atoms with van der Waals surface area (Å²) in [5.41, 5.74) is -0.419. The number of halogens is 2. The number of nitrogens with zero attached hydrogens (tertiary/aromatic N) is 1. The van der Waals surface area contributed by atoms with E-state index in [1.807, 2.05) is 0 Å². The van der Waals surface area contributed by atoms with Gasteiger partial charge in [0.05, 0.1) is 0 Å². The molecule has 0 fully saturated rings. The fourth-order valence-electron chi connectivity index (χ4n) is 0.190. The van der Waals surface area contributed by atoms with Crippen LogP contribution >= 0.6 is 23.2 Å². The third-order valence-corrected chi connectivity index (χ3v) is 2.24. The molecule has 9 heavy (non-hydrogen) atoms. The summed E-state index contributed by atoms with van der Waals surface area (Å²) in [7, 11) is 0. The second kappa shape index (κ2) is 3.28. The van der Waals surface area contributed by atoms with Crippen LogP contribution in [0.2, 0.25) is 0 Å². The summed E-state index contributed by atoms with van der Waals surface area (Å²) >= 11 is 11.0. The smallest absolute Gasteiger partial charge is 0.152 e. The van der Waals surface area contributed by atoms with Crippen molar-refractivity contribution < 1.29 is 5.21 Å². The van der Waals surface area contributed by atoms with E-state index in [1.54, 1.807) is 13.8 Å². The lowest BCUT2D eigenvalue weighted by Gasteiger charge is -2.16. The molecule has 0 unspecified atom stereocenters. The fourth-order valence-corrected chi connectivity index (χ4v) is 0.452. The van der Waals surface area contributed by atoms with E-state index in [0.717, 1.165) is 0 Å². The van der Waals surface area contributed by atoms with Gasteiger partial charge in [-0.2, -0.15) is 0 Å². The molecule has 0 saturated carbocycles. The Bertz CT molecular complexity index is 122. The molecule has 0 bridgehead atoms. The van der Waals surface area contributed by atoms with Crippen LogP contribution in [-0.2, 0) is 0 Å². The summed E-state index contributed by atoms with van der Waals surface area (Å²) in [5, 5.41) is 11.2. The number of rotatable bonds is 2. The molecule has 0 aliphatic carbocycles. The van der Waals surface area contributed by atoms with E-state index in [2.05, 4.69) is 5.16 Å².